The van der Waals surface area contributed by atoms with E-state index in [1.165, 1.54) is 13.2 Å². The van der Waals surface area contributed by atoms with E-state index in [0.29, 0.717) is 23.6 Å². The number of carbonyl (C=O) groups is 1. The molecule has 1 fully saturated rings. The van der Waals surface area contributed by atoms with Crippen molar-refractivity contribution < 1.29 is 27.4 Å². The summed E-state index contributed by atoms with van der Waals surface area (Å²) < 4.78 is 49.0. The molecule has 2 unspecified atom stereocenters. The Balaban J connectivity index is 1.55. The number of amides is 1. The van der Waals surface area contributed by atoms with E-state index in [1.807, 2.05) is 24.3 Å². The van der Waals surface area contributed by atoms with Crippen LogP contribution in [0, 0.1) is 5.92 Å². The fourth-order valence-electron chi connectivity index (χ4n) is 3.58. The number of ether oxygens (including phenoxy) is 2. The number of aliphatic imine (C=N–C) groups is 1. The SMILES string of the molecule is COC(=O)N=C(C)c1ccc(OC2CCC(Cc3cccc(C(F)(F)F)n3)C2)cc1. The van der Waals surface area contributed by atoms with Crippen molar-refractivity contribution in [1.29, 1.82) is 0 Å². The van der Waals surface area contributed by atoms with Crippen LogP contribution in [0.3, 0.4) is 0 Å². The highest BCUT2D eigenvalue weighted by atomic mass is 19.4. The van der Waals surface area contributed by atoms with Gasteiger partial charge in [-0.05, 0) is 80.5 Å². The van der Waals surface area contributed by atoms with E-state index in [1.54, 1.807) is 13.0 Å². The lowest BCUT2D eigenvalue weighted by atomic mass is 10.0. The van der Waals surface area contributed by atoms with E-state index in [4.69, 9.17) is 4.74 Å². The molecule has 5 nitrogen and oxygen atoms in total. The number of carbonyl (C=O) groups excluding carboxylic acids is 1. The van der Waals surface area contributed by atoms with E-state index in [9.17, 15) is 18.0 Å². The lowest BCUT2D eigenvalue weighted by Gasteiger charge is -2.15. The minimum atomic E-state index is -4.43. The quantitative estimate of drug-likeness (QED) is 0.602. The van der Waals surface area contributed by atoms with E-state index in [2.05, 4.69) is 14.7 Å². The van der Waals surface area contributed by atoms with Crippen molar-refractivity contribution in [2.75, 3.05) is 7.11 Å². The summed E-state index contributed by atoms with van der Waals surface area (Å²) in [5.74, 6) is 0.937. The van der Waals surface area contributed by atoms with Gasteiger partial charge in [-0.15, -0.1) is 0 Å². The number of halogens is 3. The maximum absolute atomic E-state index is 12.8. The van der Waals surface area contributed by atoms with Crippen molar-refractivity contribution in [3.8, 4) is 5.75 Å². The fraction of sp³-hybridized carbons (Fsp3) is 0.409. The number of methoxy groups -OCH3 is 1. The number of benzene rings is 1. The predicted molar refractivity (Wildman–Crippen MR) is 106 cm³/mol. The summed E-state index contributed by atoms with van der Waals surface area (Å²) in [6.07, 6.45) is -2.08. The zero-order valence-electron chi connectivity index (χ0n) is 16.8. The normalized spacial score (nSPS) is 19.6. The topological polar surface area (TPSA) is 60.8 Å². The molecular formula is C22H23F3N2O3. The molecule has 0 spiro atoms. The van der Waals surface area contributed by atoms with Gasteiger partial charge in [-0.2, -0.15) is 18.2 Å². The van der Waals surface area contributed by atoms with Gasteiger partial charge in [0.25, 0.3) is 0 Å². The van der Waals surface area contributed by atoms with Crippen LogP contribution in [-0.4, -0.2) is 30.0 Å². The Morgan fingerprint density at radius 1 is 1.17 bits per heavy atom. The average molecular weight is 420 g/mol. The molecular weight excluding hydrogens is 397 g/mol. The number of hydrogen-bond acceptors (Lipinski definition) is 4. The summed E-state index contributed by atoms with van der Waals surface area (Å²) >= 11 is 0. The van der Waals surface area contributed by atoms with Crippen LogP contribution in [0.1, 0.15) is 43.1 Å². The summed E-state index contributed by atoms with van der Waals surface area (Å²) in [6.45, 7) is 1.72. The van der Waals surface area contributed by atoms with E-state index >= 15 is 0 Å². The fourth-order valence-corrected chi connectivity index (χ4v) is 3.58. The molecule has 1 aliphatic rings. The number of hydrogen-bond donors (Lipinski definition) is 0. The zero-order valence-corrected chi connectivity index (χ0v) is 16.8. The van der Waals surface area contributed by atoms with E-state index in [-0.39, 0.29) is 12.0 Å². The van der Waals surface area contributed by atoms with Gasteiger partial charge in [0.05, 0.1) is 18.9 Å². The number of alkyl halides is 3. The Kier molecular flexibility index (Phi) is 6.74. The molecule has 0 bridgehead atoms. The van der Waals surface area contributed by atoms with Crippen molar-refractivity contribution in [2.24, 2.45) is 10.9 Å². The minimum Gasteiger partial charge on any atom is -0.490 e. The van der Waals surface area contributed by atoms with Gasteiger partial charge in [0.15, 0.2) is 0 Å². The van der Waals surface area contributed by atoms with Gasteiger partial charge in [-0.3, -0.25) is 0 Å². The minimum absolute atomic E-state index is 0.0106. The number of nitrogens with zero attached hydrogens (tertiary/aromatic N) is 2. The summed E-state index contributed by atoms with van der Waals surface area (Å²) in [5, 5.41) is 0. The van der Waals surface area contributed by atoms with Crippen LogP contribution < -0.4 is 4.74 Å². The van der Waals surface area contributed by atoms with Crippen molar-refractivity contribution in [3.63, 3.8) is 0 Å². The smallest absolute Gasteiger partial charge is 0.433 e. The lowest BCUT2D eigenvalue weighted by molar-refractivity contribution is -0.141. The van der Waals surface area contributed by atoms with Crippen LogP contribution in [-0.2, 0) is 17.3 Å². The van der Waals surface area contributed by atoms with Gasteiger partial charge >= 0.3 is 12.3 Å². The molecule has 160 valence electrons. The van der Waals surface area contributed by atoms with Crippen molar-refractivity contribution in [3.05, 3.63) is 59.4 Å². The summed E-state index contributed by atoms with van der Waals surface area (Å²) in [4.78, 5) is 18.8. The van der Waals surface area contributed by atoms with Gasteiger partial charge in [-0.1, -0.05) is 6.07 Å². The van der Waals surface area contributed by atoms with Crippen LogP contribution in [0.5, 0.6) is 5.75 Å². The first kappa shape index (κ1) is 21.8. The first-order chi connectivity index (χ1) is 14.2. The molecule has 1 aromatic carbocycles. The van der Waals surface area contributed by atoms with Crippen LogP contribution in [0.2, 0.25) is 0 Å². The molecule has 1 aliphatic carbocycles. The largest absolute Gasteiger partial charge is 0.490 e. The van der Waals surface area contributed by atoms with Gasteiger partial charge in [-0.25, -0.2) is 9.78 Å². The van der Waals surface area contributed by atoms with E-state index < -0.39 is 18.0 Å². The third-order valence-electron chi connectivity index (χ3n) is 5.10. The second-order valence-electron chi connectivity index (χ2n) is 7.33. The highest BCUT2D eigenvalue weighted by Gasteiger charge is 2.33. The Morgan fingerprint density at radius 2 is 1.90 bits per heavy atom. The summed E-state index contributed by atoms with van der Waals surface area (Å²) in [5.41, 5.74) is 0.938. The maximum atomic E-state index is 12.8. The number of aromatic nitrogens is 1. The highest BCUT2D eigenvalue weighted by Crippen LogP contribution is 2.33. The Hall–Kier alpha value is -2.90. The molecule has 30 heavy (non-hydrogen) atoms. The molecule has 8 heteroatoms. The molecule has 0 aliphatic heterocycles. The van der Waals surface area contributed by atoms with Crippen molar-refractivity contribution in [1.82, 2.24) is 4.98 Å². The molecule has 1 amide bonds. The monoisotopic (exact) mass is 420 g/mol. The number of rotatable bonds is 5. The van der Waals surface area contributed by atoms with Crippen LogP contribution in [0.25, 0.3) is 0 Å². The van der Waals surface area contributed by atoms with Gasteiger partial charge < -0.3 is 9.47 Å². The van der Waals surface area contributed by atoms with Gasteiger partial charge in [0, 0.05) is 5.69 Å². The Bertz CT molecular complexity index is 911. The summed E-state index contributed by atoms with van der Waals surface area (Å²) in [7, 11) is 1.27. The highest BCUT2D eigenvalue weighted by molar-refractivity contribution is 6.03. The van der Waals surface area contributed by atoms with Crippen molar-refractivity contribution >= 4 is 11.8 Å². The lowest BCUT2D eigenvalue weighted by Crippen LogP contribution is -2.14. The summed E-state index contributed by atoms with van der Waals surface area (Å²) in [6, 6.07) is 11.3. The standard InChI is InChI=1S/C22H23F3N2O3/c1-14(26-21(28)29-2)16-7-10-18(11-8-16)30-19-9-6-15(13-19)12-17-4-3-5-20(27-17)22(23,24)25/h3-5,7-8,10-11,15,19H,6,9,12-13H2,1-2H3. The molecule has 0 saturated heterocycles. The van der Waals surface area contributed by atoms with Crippen LogP contribution >= 0.6 is 0 Å². The molecule has 3 rings (SSSR count). The zero-order chi connectivity index (χ0) is 21.7. The molecule has 0 N–H and O–H groups in total. The first-order valence-electron chi connectivity index (χ1n) is 9.68. The Morgan fingerprint density at radius 3 is 2.57 bits per heavy atom. The molecule has 1 saturated carbocycles. The molecule has 2 atom stereocenters. The molecule has 0 radical (unpaired) electrons. The third-order valence-corrected chi connectivity index (χ3v) is 5.10. The molecule has 1 aromatic heterocycles. The van der Waals surface area contributed by atoms with E-state index in [0.717, 1.165) is 30.9 Å². The van der Waals surface area contributed by atoms with Crippen molar-refractivity contribution in [2.45, 2.75) is 44.9 Å². The second-order valence-corrected chi connectivity index (χ2v) is 7.33. The number of pyridine rings is 1. The maximum Gasteiger partial charge on any atom is 0.433 e. The Labute approximate surface area is 172 Å². The van der Waals surface area contributed by atoms with Gasteiger partial charge in [0.1, 0.15) is 11.4 Å². The predicted octanol–water partition coefficient (Wildman–Crippen LogP) is 5.47. The second kappa shape index (κ2) is 9.28. The van der Waals surface area contributed by atoms with Crippen LogP contribution in [0.4, 0.5) is 18.0 Å². The average Bonchev–Trinajstić information content (AvgIpc) is 3.14. The van der Waals surface area contributed by atoms with Gasteiger partial charge in [0.2, 0.25) is 0 Å². The molecule has 1 heterocycles. The third kappa shape index (κ3) is 5.81. The first-order valence-corrected chi connectivity index (χ1v) is 9.68. The molecule has 2 aromatic rings. The van der Waals surface area contributed by atoms with Crippen LogP contribution in [0.15, 0.2) is 47.5 Å².